The molecule has 0 aliphatic heterocycles. The van der Waals surface area contributed by atoms with Crippen molar-refractivity contribution < 1.29 is 9.18 Å². The van der Waals surface area contributed by atoms with E-state index in [0.29, 0.717) is 12.2 Å². The Kier molecular flexibility index (Phi) is 3.18. The Morgan fingerprint density at radius 2 is 2.00 bits per heavy atom. The van der Waals surface area contributed by atoms with Gasteiger partial charge in [0.1, 0.15) is 5.82 Å². The third kappa shape index (κ3) is 3.14. The fraction of sp³-hybridized carbons (Fsp3) is 0.167. The van der Waals surface area contributed by atoms with E-state index in [9.17, 15) is 9.18 Å². The molecule has 1 aromatic heterocycles. The van der Waals surface area contributed by atoms with E-state index in [1.54, 1.807) is 29.1 Å². The Morgan fingerprint density at radius 3 is 2.65 bits per heavy atom. The molecule has 0 aliphatic rings. The van der Waals surface area contributed by atoms with Crippen LogP contribution in [0.3, 0.4) is 0 Å². The Bertz CT molecular complexity index is 519. The molecule has 0 radical (unpaired) electrons. The van der Waals surface area contributed by atoms with E-state index in [0.717, 1.165) is 5.56 Å². The predicted molar refractivity (Wildman–Crippen MR) is 60.6 cm³/mol. The van der Waals surface area contributed by atoms with Crippen LogP contribution in [-0.4, -0.2) is 15.7 Å². The summed E-state index contributed by atoms with van der Waals surface area (Å²) in [7, 11) is 0. The van der Waals surface area contributed by atoms with Crippen LogP contribution in [0.2, 0.25) is 0 Å². The number of nitrogens with zero attached hydrogens (tertiary/aromatic N) is 2. The average molecular weight is 233 g/mol. The summed E-state index contributed by atoms with van der Waals surface area (Å²) < 4.78 is 14.4. The first-order chi connectivity index (χ1) is 8.13. The smallest absolute Gasteiger partial charge is 0.223 e. The van der Waals surface area contributed by atoms with Crippen molar-refractivity contribution in [1.82, 2.24) is 9.78 Å². The van der Waals surface area contributed by atoms with Crippen LogP contribution in [0.1, 0.15) is 11.3 Å². The van der Waals surface area contributed by atoms with Gasteiger partial charge in [0.2, 0.25) is 5.91 Å². The lowest BCUT2D eigenvalue weighted by atomic mass is 10.2. The summed E-state index contributed by atoms with van der Waals surface area (Å²) in [6, 6.07) is 7.95. The van der Waals surface area contributed by atoms with Gasteiger partial charge in [-0.15, -0.1) is 0 Å². The van der Waals surface area contributed by atoms with E-state index >= 15 is 0 Å². The molecule has 0 spiro atoms. The zero-order chi connectivity index (χ0) is 12.3. The standard InChI is InChI=1S/C12H12FN3O/c13-10-3-1-9(2-4-10)8-16-6-5-11(15-16)7-12(14)17/h1-6H,7-8H2,(H2,14,17). The zero-order valence-corrected chi connectivity index (χ0v) is 9.14. The molecule has 0 bridgehead atoms. The molecule has 1 amide bonds. The summed E-state index contributed by atoms with van der Waals surface area (Å²) in [5.41, 5.74) is 6.66. The lowest BCUT2D eigenvalue weighted by Crippen LogP contribution is -2.14. The molecular weight excluding hydrogens is 221 g/mol. The highest BCUT2D eigenvalue weighted by molar-refractivity contribution is 5.75. The third-order valence-corrected chi connectivity index (χ3v) is 2.31. The summed E-state index contributed by atoms with van der Waals surface area (Å²) in [4.78, 5) is 10.7. The Hall–Kier alpha value is -2.17. The Labute approximate surface area is 97.9 Å². The van der Waals surface area contributed by atoms with Gasteiger partial charge in [-0.25, -0.2) is 4.39 Å². The Balaban J connectivity index is 2.06. The number of hydrogen-bond acceptors (Lipinski definition) is 2. The van der Waals surface area contributed by atoms with Crippen LogP contribution in [0, 0.1) is 5.82 Å². The molecule has 2 N–H and O–H groups in total. The molecule has 5 heteroatoms. The summed E-state index contributed by atoms with van der Waals surface area (Å²) in [5, 5.41) is 4.19. The SMILES string of the molecule is NC(=O)Cc1ccn(Cc2ccc(F)cc2)n1. The lowest BCUT2D eigenvalue weighted by Gasteiger charge is -2.01. The van der Waals surface area contributed by atoms with Gasteiger partial charge in [-0.2, -0.15) is 5.10 Å². The zero-order valence-electron chi connectivity index (χ0n) is 9.14. The van der Waals surface area contributed by atoms with Crippen LogP contribution in [0.15, 0.2) is 36.5 Å². The second-order valence-corrected chi connectivity index (χ2v) is 3.77. The molecule has 4 nitrogen and oxygen atoms in total. The van der Waals surface area contributed by atoms with E-state index in [4.69, 9.17) is 5.73 Å². The van der Waals surface area contributed by atoms with Gasteiger partial charge in [-0.05, 0) is 23.8 Å². The highest BCUT2D eigenvalue weighted by Gasteiger charge is 2.03. The van der Waals surface area contributed by atoms with Gasteiger partial charge < -0.3 is 5.73 Å². The number of carbonyl (C=O) groups is 1. The summed E-state index contributed by atoms with van der Waals surface area (Å²) >= 11 is 0. The molecule has 88 valence electrons. The maximum absolute atomic E-state index is 12.7. The number of amides is 1. The molecule has 0 atom stereocenters. The third-order valence-electron chi connectivity index (χ3n) is 2.31. The number of rotatable bonds is 4. The van der Waals surface area contributed by atoms with Crippen LogP contribution < -0.4 is 5.73 Å². The van der Waals surface area contributed by atoms with Gasteiger partial charge in [0.25, 0.3) is 0 Å². The first-order valence-electron chi connectivity index (χ1n) is 5.18. The summed E-state index contributed by atoms with van der Waals surface area (Å²) in [6.07, 6.45) is 1.90. The van der Waals surface area contributed by atoms with E-state index in [-0.39, 0.29) is 12.2 Å². The molecule has 0 unspecified atom stereocenters. The number of carbonyl (C=O) groups excluding carboxylic acids is 1. The normalized spacial score (nSPS) is 10.4. The maximum atomic E-state index is 12.7. The summed E-state index contributed by atoms with van der Waals surface area (Å²) in [6.45, 7) is 0.541. The molecule has 1 aromatic carbocycles. The van der Waals surface area contributed by atoms with Crippen LogP contribution in [0.4, 0.5) is 4.39 Å². The van der Waals surface area contributed by atoms with Gasteiger partial charge >= 0.3 is 0 Å². The number of aromatic nitrogens is 2. The minimum absolute atomic E-state index is 0.135. The van der Waals surface area contributed by atoms with Crippen molar-refractivity contribution in [2.24, 2.45) is 5.73 Å². The largest absolute Gasteiger partial charge is 0.369 e. The van der Waals surface area contributed by atoms with Crippen molar-refractivity contribution in [3.63, 3.8) is 0 Å². The van der Waals surface area contributed by atoms with Crippen molar-refractivity contribution in [3.05, 3.63) is 53.6 Å². The molecule has 2 aromatic rings. The fourth-order valence-corrected chi connectivity index (χ4v) is 1.54. The highest BCUT2D eigenvalue weighted by atomic mass is 19.1. The van der Waals surface area contributed by atoms with Crippen LogP contribution in [0.5, 0.6) is 0 Å². The van der Waals surface area contributed by atoms with Crippen molar-refractivity contribution in [2.45, 2.75) is 13.0 Å². The van der Waals surface area contributed by atoms with E-state index in [2.05, 4.69) is 5.10 Å². The first-order valence-corrected chi connectivity index (χ1v) is 5.18. The van der Waals surface area contributed by atoms with Gasteiger partial charge in [-0.3, -0.25) is 9.48 Å². The van der Waals surface area contributed by atoms with Crippen LogP contribution >= 0.6 is 0 Å². The summed E-state index contributed by atoms with van der Waals surface area (Å²) in [5.74, 6) is -0.666. The second kappa shape index (κ2) is 4.78. The molecule has 0 fully saturated rings. The van der Waals surface area contributed by atoms with Gasteiger partial charge in [0.15, 0.2) is 0 Å². The first kappa shape index (κ1) is 11.3. The molecule has 1 heterocycles. The fourth-order valence-electron chi connectivity index (χ4n) is 1.54. The van der Waals surface area contributed by atoms with E-state index in [1.807, 2.05) is 0 Å². The van der Waals surface area contributed by atoms with E-state index in [1.165, 1.54) is 12.1 Å². The highest BCUT2D eigenvalue weighted by Crippen LogP contribution is 2.05. The van der Waals surface area contributed by atoms with Gasteiger partial charge in [0.05, 0.1) is 18.7 Å². The van der Waals surface area contributed by atoms with E-state index < -0.39 is 5.91 Å². The molecule has 2 rings (SSSR count). The van der Waals surface area contributed by atoms with Crippen molar-refractivity contribution in [2.75, 3.05) is 0 Å². The monoisotopic (exact) mass is 233 g/mol. The number of benzene rings is 1. The minimum atomic E-state index is -0.406. The topological polar surface area (TPSA) is 60.9 Å². The number of nitrogens with two attached hydrogens (primary N) is 1. The minimum Gasteiger partial charge on any atom is -0.369 e. The molecule has 0 saturated carbocycles. The quantitative estimate of drug-likeness (QED) is 0.859. The molecular formula is C12H12FN3O. The predicted octanol–water partition coefficient (Wildman–Crippen LogP) is 1.10. The van der Waals surface area contributed by atoms with Crippen molar-refractivity contribution in [3.8, 4) is 0 Å². The van der Waals surface area contributed by atoms with Crippen LogP contribution in [0.25, 0.3) is 0 Å². The number of halogens is 1. The molecule has 0 saturated heterocycles. The lowest BCUT2D eigenvalue weighted by molar-refractivity contribution is -0.117. The number of hydrogen-bond donors (Lipinski definition) is 1. The van der Waals surface area contributed by atoms with Crippen molar-refractivity contribution >= 4 is 5.91 Å². The maximum Gasteiger partial charge on any atom is 0.223 e. The number of primary amides is 1. The van der Waals surface area contributed by atoms with Gasteiger partial charge in [-0.1, -0.05) is 12.1 Å². The van der Waals surface area contributed by atoms with Crippen LogP contribution in [-0.2, 0) is 17.8 Å². The van der Waals surface area contributed by atoms with Crippen molar-refractivity contribution in [1.29, 1.82) is 0 Å². The second-order valence-electron chi connectivity index (χ2n) is 3.77. The van der Waals surface area contributed by atoms with Gasteiger partial charge in [0, 0.05) is 6.20 Å². The average Bonchev–Trinajstić information content (AvgIpc) is 2.68. The molecule has 0 aliphatic carbocycles. The molecule has 17 heavy (non-hydrogen) atoms. The Morgan fingerprint density at radius 1 is 1.29 bits per heavy atom.